The molecule has 0 aliphatic heterocycles. The van der Waals surface area contributed by atoms with Crippen LogP contribution in [-0.4, -0.2) is 29.6 Å². The second-order valence-corrected chi connectivity index (χ2v) is 7.75. The number of hydrogen-bond donors (Lipinski definition) is 2. The molecule has 2 atom stereocenters. The lowest BCUT2D eigenvalue weighted by Crippen LogP contribution is -2.11. The maximum atomic E-state index is 10.5. The molecule has 0 rings (SSSR count). The molecule has 21 heavy (non-hydrogen) atoms. The summed E-state index contributed by atoms with van der Waals surface area (Å²) in [4.78, 5) is 17.0. The van der Waals surface area contributed by atoms with Gasteiger partial charge >= 0.3 is 7.82 Å². The van der Waals surface area contributed by atoms with Crippen molar-refractivity contribution in [1.29, 1.82) is 0 Å². The van der Waals surface area contributed by atoms with Gasteiger partial charge in [0.2, 0.25) is 0 Å². The van der Waals surface area contributed by atoms with Gasteiger partial charge in [0.1, 0.15) is 0 Å². The maximum Gasteiger partial charge on any atom is 0.469 e. The normalized spacial score (nSPS) is 15.4. The Morgan fingerprint density at radius 2 is 1.52 bits per heavy atom. The van der Waals surface area contributed by atoms with E-state index in [1.165, 1.54) is 25.7 Å². The molecule has 128 valence electrons. The molecule has 0 aliphatic rings. The molecule has 0 bridgehead atoms. The van der Waals surface area contributed by atoms with Crippen LogP contribution >= 0.6 is 7.82 Å². The van der Waals surface area contributed by atoms with E-state index in [9.17, 15) is 4.57 Å². The van der Waals surface area contributed by atoms with Crippen LogP contribution in [0.3, 0.4) is 0 Å². The topological polar surface area (TPSA) is 76.0 Å². The summed E-state index contributed by atoms with van der Waals surface area (Å²) >= 11 is 0. The van der Waals surface area contributed by atoms with Crippen molar-refractivity contribution >= 4 is 7.82 Å². The smallest absolute Gasteiger partial charge is 0.379 e. The molecule has 6 heteroatoms. The molecule has 0 aromatic rings. The molecule has 2 unspecified atom stereocenters. The van der Waals surface area contributed by atoms with Gasteiger partial charge in [-0.2, -0.15) is 0 Å². The molecular formula is C15H33O5P. The van der Waals surface area contributed by atoms with Crippen molar-refractivity contribution in [1.82, 2.24) is 0 Å². The zero-order chi connectivity index (χ0) is 16.3. The third-order valence-corrected chi connectivity index (χ3v) is 4.04. The minimum Gasteiger partial charge on any atom is -0.379 e. The SMILES string of the molecule is CC(C)CCCC(C)CCC(C)COCCOP(=O)(O)O. The Labute approximate surface area is 129 Å². The first kappa shape index (κ1) is 21.1. The summed E-state index contributed by atoms with van der Waals surface area (Å²) in [6, 6.07) is 0. The van der Waals surface area contributed by atoms with Crippen molar-refractivity contribution in [3.8, 4) is 0 Å². The predicted octanol–water partition coefficient (Wildman–Crippen LogP) is 3.99. The van der Waals surface area contributed by atoms with Gasteiger partial charge in [0.25, 0.3) is 0 Å². The quantitative estimate of drug-likeness (QED) is 0.396. The van der Waals surface area contributed by atoms with Crippen molar-refractivity contribution in [2.45, 2.75) is 59.8 Å². The van der Waals surface area contributed by atoms with Crippen LogP contribution in [-0.2, 0) is 13.8 Å². The van der Waals surface area contributed by atoms with E-state index in [2.05, 4.69) is 32.2 Å². The summed E-state index contributed by atoms with van der Waals surface area (Å²) in [5.74, 6) is 2.01. The van der Waals surface area contributed by atoms with Crippen molar-refractivity contribution < 1.29 is 23.6 Å². The van der Waals surface area contributed by atoms with Crippen LogP contribution in [0.5, 0.6) is 0 Å². The van der Waals surface area contributed by atoms with Crippen LogP contribution < -0.4 is 0 Å². The third-order valence-electron chi connectivity index (χ3n) is 3.52. The summed E-state index contributed by atoms with van der Waals surface area (Å²) in [7, 11) is -4.35. The van der Waals surface area contributed by atoms with Crippen LogP contribution in [0.15, 0.2) is 0 Å². The minimum atomic E-state index is -4.35. The standard InChI is InChI=1S/C15H33O5P/c1-13(2)6-5-7-14(3)8-9-15(4)12-19-10-11-20-21(16,17)18/h13-15H,5-12H2,1-4H3,(H2,16,17,18). The lowest BCUT2D eigenvalue weighted by Gasteiger charge is -2.16. The van der Waals surface area contributed by atoms with Crippen LogP contribution in [0.2, 0.25) is 0 Å². The Kier molecular flexibility index (Phi) is 11.7. The minimum absolute atomic E-state index is 0.0669. The first-order valence-electron chi connectivity index (χ1n) is 7.98. The zero-order valence-electron chi connectivity index (χ0n) is 14.0. The molecule has 5 nitrogen and oxygen atoms in total. The molecule has 0 fully saturated rings. The van der Waals surface area contributed by atoms with Gasteiger partial charge in [-0.1, -0.05) is 53.4 Å². The van der Waals surface area contributed by atoms with E-state index in [4.69, 9.17) is 14.5 Å². The Morgan fingerprint density at radius 3 is 2.10 bits per heavy atom. The highest BCUT2D eigenvalue weighted by molar-refractivity contribution is 7.46. The fourth-order valence-corrected chi connectivity index (χ4v) is 2.48. The molecule has 2 N–H and O–H groups in total. The van der Waals surface area contributed by atoms with Crippen LogP contribution in [0.4, 0.5) is 0 Å². The van der Waals surface area contributed by atoms with Crippen molar-refractivity contribution in [2.75, 3.05) is 19.8 Å². The number of ether oxygens (including phenoxy) is 1. The van der Waals surface area contributed by atoms with Crippen molar-refractivity contribution in [2.24, 2.45) is 17.8 Å². The molecule has 0 amide bonds. The number of hydrogen-bond acceptors (Lipinski definition) is 3. The van der Waals surface area contributed by atoms with Gasteiger partial charge in [-0.25, -0.2) is 4.57 Å². The molecule has 0 radical (unpaired) electrons. The highest BCUT2D eigenvalue weighted by Crippen LogP contribution is 2.35. The average Bonchev–Trinajstić information content (AvgIpc) is 2.34. The van der Waals surface area contributed by atoms with E-state index in [0.29, 0.717) is 12.5 Å². The van der Waals surface area contributed by atoms with E-state index in [1.54, 1.807) is 0 Å². The molecule has 0 aromatic heterocycles. The first-order chi connectivity index (χ1) is 9.70. The summed E-state index contributed by atoms with van der Waals surface area (Å²) in [5, 5.41) is 0. The molecule has 0 aromatic carbocycles. The maximum absolute atomic E-state index is 10.5. The van der Waals surface area contributed by atoms with E-state index < -0.39 is 7.82 Å². The lowest BCUT2D eigenvalue weighted by atomic mass is 9.93. The average molecular weight is 324 g/mol. The highest BCUT2D eigenvalue weighted by Gasteiger charge is 2.13. The molecule has 0 saturated carbocycles. The first-order valence-corrected chi connectivity index (χ1v) is 9.51. The Hall–Kier alpha value is 0.0700. The number of rotatable bonds is 13. The Balaban J connectivity index is 3.48. The van der Waals surface area contributed by atoms with Gasteiger partial charge in [0.15, 0.2) is 0 Å². The van der Waals surface area contributed by atoms with Gasteiger partial charge < -0.3 is 14.5 Å². The van der Waals surface area contributed by atoms with Crippen molar-refractivity contribution in [3.05, 3.63) is 0 Å². The molecule has 0 saturated heterocycles. The fourth-order valence-electron chi connectivity index (χ4n) is 2.17. The zero-order valence-corrected chi connectivity index (χ0v) is 14.8. The van der Waals surface area contributed by atoms with E-state index in [1.807, 2.05) is 0 Å². The monoisotopic (exact) mass is 324 g/mol. The number of phosphoric ester groups is 1. The summed E-state index contributed by atoms with van der Waals surface area (Å²) in [6.07, 6.45) is 6.25. The second-order valence-electron chi connectivity index (χ2n) is 6.51. The summed E-state index contributed by atoms with van der Waals surface area (Å²) in [5.41, 5.74) is 0. The van der Waals surface area contributed by atoms with Gasteiger partial charge in [0.05, 0.1) is 13.2 Å². The molecule has 0 aliphatic carbocycles. The van der Waals surface area contributed by atoms with Gasteiger partial charge in [-0.3, -0.25) is 4.52 Å². The highest BCUT2D eigenvalue weighted by atomic mass is 31.2. The Morgan fingerprint density at radius 1 is 0.905 bits per heavy atom. The van der Waals surface area contributed by atoms with Gasteiger partial charge in [-0.15, -0.1) is 0 Å². The summed E-state index contributed by atoms with van der Waals surface area (Å²) < 4.78 is 20.1. The molecular weight excluding hydrogens is 291 g/mol. The largest absolute Gasteiger partial charge is 0.469 e. The van der Waals surface area contributed by atoms with E-state index >= 15 is 0 Å². The lowest BCUT2D eigenvalue weighted by molar-refractivity contribution is 0.0645. The summed E-state index contributed by atoms with van der Waals surface area (Å²) in [6.45, 7) is 9.75. The second kappa shape index (κ2) is 11.6. The fraction of sp³-hybridized carbons (Fsp3) is 1.00. The van der Waals surface area contributed by atoms with Crippen LogP contribution in [0, 0.1) is 17.8 Å². The third kappa shape index (κ3) is 16.3. The van der Waals surface area contributed by atoms with E-state index in [0.717, 1.165) is 18.3 Å². The Bertz CT molecular complexity index is 290. The van der Waals surface area contributed by atoms with E-state index in [-0.39, 0.29) is 13.2 Å². The van der Waals surface area contributed by atoms with Gasteiger partial charge in [-0.05, 0) is 24.2 Å². The number of phosphoric acid groups is 1. The molecule has 0 spiro atoms. The van der Waals surface area contributed by atoms with Crippen molar-refractivity contribution in [3.63, 3.8) is 0 Å². The van der Waals surface area contributed by atoms with Crippen LogP contribution in [0.1, 0.15) is 59.8 Å². The molecule has 0 heterocycles. The predicted molar refractivity (Wildman–Crippen MR) is 85.1 cm³/mol. The van der Waals surface area contributed by atoms with Gasteiger partial charge in [0, 0.05) is 6.61 Å². The van der Waals surface area contributed by atoms with Crippen LogP contribution in [0.25, 0.3) is 0 Å².